The number of nitrogens with one attached hydrogen (secondary N) is 1. The van der Waals surface area contributed by atoms with Crippen molar-refractivity contribution in [3.63, 3.8) is 0 Å². The lowest BCUT2D eigenvalue weighted by Gasteiger charge is -2.32. The highest BCUT2D eigenvalue weighted by molar-refractivity contribution is 8.15. The number of carbonyl (C=O) groups is 2. The van der Waals surface area contributed by atoms with E-state index in [9.17, 15) is 9.59 Å². The van der Waals surface area contributed by atoms with Crippen LogP contribution in [0.1, 0.15) is 17.5 Å². The van der Waals surface area contributed by atoms with Crippen LogP contribution >= 0.6 is 23.4 Å². The fourth-order valence-electron chi connectivity index (χ4n) is 3.73. The topological polar surface area (TPSA) is 80.2 Å². The van der Waals surface area contributed by atoms with Crippen LogP contribution in [0.25, 0.3) is 0 Å². The first-order valence-corrected chi connectivity index (χ1v) is 12.5. The van der Waals surface area contributed by atoms with Gasteiger partial charge in [0.1, 0.15) is 5.25 Å². The Morgan fingerprint density at radius 2 is 1.83 bits per heavy atom. The number of thioether (sulfide) groups is 1. The van der Waals surface area contributed by atoms with Crippen LogP contribution in [0.5, 0.6) is 11.5 Å². The Balaban J connectivity index is 1.61. The molecule has 1 N–H and O–H groups in total. The number of rotatable bonds is 7. The van der Waals surface area contributed by atoms with E-state index < -0.39 is 5.25 Å². The number of hydrogen-bond donors (Lipinski definition) is 1. The smallest absolute Gasteiger partial charge is 0.238 e. The number of amides is 2. The summed E-state index contributed by atoms with van der Waals surface area (Å²) >= 11 is 7.29. The highest BCUT2D eigenvalue weighted by Crippen LogP contribution is 2.33. The van der Waals surface area contributed by atoms with Crippen molar-refractivity contribution in [1.29, 1.82) is 0 Å². The summed E-state index contributed by atoms with van der Waals surface area (Å²) < 4.78 is 10.7. The number of methoxy groups -OCH3 is 2. The molecule has 1 unspecified atom stereocenters. The van der Waals surface area contributed by atoms with Crippen molar-refractivity contribution in [2.24, 2.45) is 4.99 Å². The molecular weight excluding hydrogens is 498 g/mol. The second-order valence-corrected chi connectivity index (χ2v) is 9.82. The molecule has 9 heteroatoms. The van der Waals surface area contributed by atoms with E-state index in [-0.39, 0.29) is 24.8 Å². The Morgan fingerprint density at radius 3 is 2.53 bits per heavy atom. The van der Waals surface area contributed by atoms with Crippen molar-refractivity contribution in [2.45, 2.75) is 25.1 Å². The number of carbonyl (C=O) groups excluding carboxylic acids is 2. The molecule has 1 aliphatic rings. The fourth-order valence-corrected chi connectivity index (χ4v) is 4.95. The van der Waals surface area contributed by atoms with Crippen LogP contribution in [0.15, 0.2) is 71.7 Å². The van der Waals surface area contributed by atoms with E-state index in [1.165, 1.54) is 11.8 Å². The lowest BCUT2D eigenvalue weighted by atomic mass is 10.1. The predicted molar refractivity (Wildman–Crippen MR) is 144 cm³/mol. The van der Waals surface area contributed by atoms with Gasteiger partial charge in [-0.05, 0) is 66.6 Å². The summed E-state index contributed by atoms with van der Waals surface area (Å²) in [6.45, 7) is 2.22. The van der Waals surface area contributed by atoms with Crippen molar-refractivity contribution < 1.29 is 19.1 Å². The van der Waals surface area contributed by atoms with Crippen molar-refractivity contribution >= 4 is 51.7 Å². The largest absolute Gasteiger partial charge is 0.493 e. The minimum absolute atomic E-state index is 0.0508. The van der Waals surface area contributed by atoms with Gasteiger partial charge in [-0.3, -0.25) is 14.5 Å². The number of amidine groups is 1. The maximum Gasteiger partial charge on any atom is 0.238 e. The molecule has 2 amide bonds. The van der Waals surface area contributed by atoms with E-state index in [4.69, 9.17) is 26.1 Å². The molecule has 7 nitrogen and oxygen atoms in total. The van der Waals surface area contributed by atoms with Gasteiger partial charge in [-0.1, -0.05) is 41.6 Å². The molecule has 0 aliphatic carbocycles. The van der Waals surface area contributed by atoms with Gasteiger partial charge in [-0.15, -0.1) is 0 Å². The molecule has 3 aromatic carbocycles. The molecule has 36 heavy (non-hydrogen) atoms. The number of aryl methyl sites for hydroxylation is 1. The quantitative estimate of drug-likeness (QED) is 0.421. The summed E-state index contributed by atoms with van der Waals surface area (Å²) in [7, 11) is 3.13. The standard InChI is InChI=1S/C27H26ClN3O4S/c1-17-5-4-6-21(13-17)29-26(33)24-15-25(32)31(16-18-7-12-22(34-2)23(14-18)35-3)27(36-24)30-20-10-8-19(28)9-11-20/h4-14,24H,15-16H2,1-3H3,(H,29,33). The molecule has 1 atom stereocenters. The first-order valence-electron chi connectivity index (χ1n) is 11.3. The van der Waals surface area contributed by atoms with Gasteiger partial charge in [0.25, 0.3) is 0 Å². The van der Waals surface area contributed by atoms with Crippen LogP contribution in [0.4, 0.5) is 11.4 Å². The zero-order valence-corrected chi connectivity index (χ0v) is 21.7. The van der Waals surface area contributed by atoms with Gasteiger partial charge >= 0.3 is 0 Å². The van der Waals surface area contributed by atoms with E-state index in [1.807, 2.05) is 43.3 Å². The van der Waals surface area contributed by atoms with Crippen LogP contribution in [-0.2, 0) is 16.1 Å². The third kappa shape index (κ3) is 6.19. The molecule has 186 valence electrons. The summed E-state index contributed by atoms with van der Waals surface area (Å²) in [5, 5.41) is 3.33. The number of ether oxygens (including phenoxy) is 2. The van der Waals surface area contributed by atoms with E-state index >= 15 is 0 Å². The average Bonchev–Trinajstić information content (AvgIpc) is 2.87. The van der Waals surface area contributed by atoms with Gasteiger partial charge in [0.2, 0.25) is 11.8 Å². The van der Waals surface area contributed by atoms with E-state index in [0.717, 1.165) is 11.1 Å². The number of hydrogen-bond acceptors (Lipinski definition) is 6. The maximum absolute atomic E-state index is 13.3. The lowest BCUT2D eigenvalue weighted by molar-refractivity contribution is -0.129. The van der Waals surface area contributed by atoms with Gasteiger partial charge in [0, 0.05) is 17.1 Å². The van der Waals surface area contributed by atoms with Gasteiger partial charge in [0.05, 0.1) is 26.5 Å². The average molecular weight is 524 g/mol. The normalized spacial score (nSPS) is 16.7. The molecule has 0 saturated carbocycles. The Morgan fingerprint density at radius 1 is 1.08 bits per heavy atom. The summed E-state index contributed by atoms with van der Waals surface area (Å²) in [5.74, 6) is 0.733. The number of benzene rings is 3. The van der Waals surface area contributed by atoms with Crippen molar-refractivity contribution in [3.8, 4) is 11.5 Å². The van der Waals surface area contributed by atoms with Crippen molar-refractivity contribution in [2.75, 3.05) is 19.5 Å². The van der Waals surface area contributed by atoms with Gasteiger partial charge in [-0.25, -0.2) is 4.99 Å². The molecule has 0 spiro atoms. The second-order valence-electron chi connectivity index (χ2n) is 8.21. The molecular formula is C27H26ClN3O4S. The molecule has 1 heterocycles. The summed E-state index contributed by atoms with van der Waals surface area (Å²) in [5.41, 5.74) is 3.20. The zero-order valence-electron chi connectivity index (χ0n) is 20.2. The van der Waals surface area contributed by atoms with Crippen LogP contribution in [0.2, 0.25) is 5.02 Å². The molecule has 1 saturated heterocycles. The van der Waals surface area contributed by atoms with Crippen LogP contribution in [-0.4, -0.2) is 41.4 Å². The summed E-state index contributed by atoms with van der Waals surface area (Å²) in [4.78, 5) is 32.7. The Bertz CT molecular complexity index is 1300. The number of nitrogens with zero attached hydrogens (tertiary/aromatic N) is 2. The molecule has 4 rings (SSSR count). The third-order valence-electron chi connectivity index (χ3n) is 5.56. The van der Waals surface area contributed by atoms with Crippen molar-refractivity contribution in [1.82, 2.24) is 4.90 Å². The SMILES string of the molecule is COc1ccc(CN2C(=O)CC(C(=O)Nc3cccc(C)c3)SC2=Nc2ccc(Cl)cc2)cc1OC. The molecule has 0 bridgehead atoms. The van der Waals surface area contributed by atoms with E-state index in [2.05, 4.69) is 5.32 Å². The minimum Gasteiger partial charge on any atom is -0.493 e. The van der Waals surface area contributed by atoms with E-state index in [0.29, 0.717) is 33.1 Å². The van der Waals surface area contributed by atoms with Gasteiger partial charge in [0.15, 0.2) is 16.7 Å². The summed E-state index contributed by atoms with van der Waals surface area (Å²) in [6, 6.07) is 20.0. The minimum atomic E-state index is -0.620. The number of aliphatic imine (C=N–C) groups is 1. The van der Waals surface area contributed by atoms with Gasteiger partial charge < -0.3 is 14.8 Å². The Hall–Kier alpha value is -3.49. The highest BCUT2D eigenvalue weighted by atomic mass is 35.5. The second kappa shape index (κ2) is 11.5. The first-order chi connectivity index (χ1) is 17.4. The zero-order chi connectivity index (χ0) is 25.7. The van der Waals surface area contributed by atoms with Gasteiger partial charge in [-0.2, -0.15) is 0 Å². The molecule has 3 aromatic rings. The van der Waals surface area contributed by atoms with E-state index in [1.54, 1.807) is 49.5 Å². The fraction of sp³-hybridized carbons (Fsp3) is 0.222. The van der Waals surface area contributed by atoms with Crippen LogP contribution in [0, 0.1) is 6.92 Å². The summed E-state index contributed by atoms with van der Waals surface area (Å²) in [6.07, 6.45) is 0.0508. The molecule has 0 radical (unpaired) electrons. The first kappa shape index (κ1) is 25.6. The van der Waals surface area contributed by atoms with Crippen molar-refractivity contribution in [3.05, 3.63) is 82.9 Å². The maximum atomic E-state index is 13.3. The molecule has 1 aliphatic heterocycles. The molecule has 1 fully saturated rings. The number of anilines is 1. The highest BCUT2D eigenvalue weighted by Gasteiger charge is 2.36. The van der Waals surface area contributed by atoms with Crippen LogP contribution in [0.3, 0.4) is 0 Å². The Kier molecular flexibility index (Phi) is 8.18. The number of halogens is 1. The molecule has 0 aromatic heterocycles. The third-order valence-corrected chi connectivity index (χ3v) is 7.00. The van der Waals surface area contributed by atoms with Crippen LogP contribution < -0.4 is 14.8 Å². The Labute approximate surface area is 219 Å². The lowest BCUT2D eigenvalue weighted by Crippen LogP contribution is -2.44. The predicted octanol–water partition coefficient (Wildman–Crippen LogP) is 5.83. The monoisotopic (exact) mass is 523 g/mol.